The lowest BCUT2D eigenvalue weighted by Crippen LogP contribution is -2.11. The Hall–Kier alpha value is -3.47. The molecule has 2 aromatic carbocycles. The number of ether oxygens (including phenoxy) is 1. The fourth-order valence-electron chi connectivity index (χ4n) is 2.97. The molecule has 5 heteroatoms. The van der Waals surface area contributed by atoms with Crippen LogP contribution in [0, 0.1) is 0 Å². The van der Waals surface area contributed by atoms with Crippen LogP contribution in [0.25, 0.3) is 22.6 Å². The summed E-state index contributed by atoms with van der Waals surface area (Å²) >= 11 is 0. The zero-order valence-electron chi connectivity index (χ0n) is 14.7. The third-order valence-electron chi connectivity index (χ3n) is 4.40. The number of benzene rings is 3. The van der Waals surface area contributed by atoms with Gasteiger partial charge in [-0.15, -0.1) is 0 Å². The SMILES string of the molecule is C[C@@H](CC(=O)Oc1ccc2nc3ccc(=O)cc-3oc2c1)c1ccccc1. The Morgan fingerprint density at radius 1 is 1.07 bits per heavy atom. The molecule has 1 atom stereocenters. The van der Waals surface area contributed by atoms with Crippen LogP contribution in [-0.4, -0.2) is 11.0 Å². The smallest absolute Gasteiger partial charge is 0.311 e. The van der Waals surface area contributed by atoms with Gasteiger partial charge in [-0.25, -0.2) is 4.98 Å². The molecule has 5 nitrogen and oxygen atoms in total. The summed E-state index contributed by atoms with van der Waals surface area (Å²) in [5, 5.41) is 0. The van der Waals surface area contributed by atoms with Crippen molar-refractivity contribution in [3.8, 4) is 17.2 Å². The Balaban J connectivity index is 1.55. The van der Waals surface area contributed by atoms with Crippen molar-refractivity contribution in [1.82, 2.24) is 4.98 Å². The summed E-state index contributed by atoms with van der Waals surface area (Å²) < 4.78 is 11.2. The van der Waals surface area contributed by atoms with E-state index >= 15 is 0 Å². The summed E-state index contributed by atoms with van der Waals surface area (Å²) in [6, 6.07) is 19.3. The molecule has 0 saturated carbocycles. The molecule has 0 amide bonds. The fraction of sp³-hybridized carbons (Fsp3) is 0.136. The molecule has 1 aliphatic heterocycles. The van der Waals surface area contributed by atoms with Gasteiger partial charge in [0.15, 0.2) is 16.8 Å². The zero-order chi connectivity index (χ0) is 18.8. The molecule has 0 N–H and O–H groups in total. The maximum absolute atomic E-state index is 12.3. The minimum absolute atomic E-state index is 0.0601. The average Bonchev–Trinajstić information content (AvgIpc) is 2.67. The Morgan fingerprint density at radius 2 is 1.89 bits per heavy atom. The first-order valence-electron chi connectivity index (χ1n) is 8.69. The summed E-state index contributed by atoms with van der Waals surface area (Å²) in [7, 11) is 0. The summed E-state index contributed by atoms with van der Waals surface area (Å²) in [4.78, 5) is 28.2. The molecule has 0 saturated heterocycles. The molecular formula is C22H17NO4. The van der Waals surface area contributed by atoms with Gasteiger partial charge in [-0.05, 0) is 35.7 Å². The number of hydrogen-bond donors (Lipinski definition) is 0. The number of carbonyl (C=O) groups excluding carboxylic acids is 1. The number of carbonyl (C=O) groups is 1. The molecule has 1 aliphatic carbocycles. The van der Waals surface area contributed by atoms with Gasteiger partial charge in [-0.1, -0.05) is 37.3 Å². The number of nitrogens with zero attached hydrogens (tertiary/aromatic N) is 1. The largest absolute Gasteiger partial charge is 0.453 e. The number of hydrogen-bond acceptors (Lipinski definition) is 5. The maximum atomic E-state index is 12.3. The van der Waals surface area contributed by atoms with Crippen LogP contribution >= 0.6 is 0 Å². The summed E-state index contributed by atoms with van der Waals surface area (Å²) in [5.41, 5.74) is 2.62. The van der Waals surface area contributed by atoms with Gasteiger partial charge in [0.05, 0.1) is 6.42 Å². The average molecular weight is 359 g/mol. The van der Waals surface area contributed by atoms with Crippen molar-refractivity contribution in [3.63, 3.8) is 0 Å². The van der Waals surface area contributed by atoms with Crippen LogP contribution in [0.1, 0.15) is 24.8 Å². The van der Waals surface area contributed by atoms with E-state index in [1.54, 1.807) is 24.3 Å². The molecule has 134 valence electrons. The minimum Gasteiger partial charge on any atom is -0.453 e. The van der Waals surface area contributed by atoms with Crippen LogP contribution in [0.2, 0.25) is 0 Å². The zero-order valence-corrected chi connectivity index (χ0v) is 14.7. The van der Waals surface area contributed by atoms with Gasteiger partial charge < -0.3 is 9.15 Å². The highest BCUT2D eigenvalue weighted by molar-refractivity contribution is 5.79. The van der Waals surface area contributed by atoms with Crippen LogP contribution in [0.3, 0.4) is 0 Å². The quantitative estimate of drug-likeness (QED) is 0.307. The van der Waals surface area contributed by atoms with E-state index in [4.69, 9.17) is 9.15 Å². The van der Waals surface area contributed by atoms with Crippen LogP contribution in [0.5, 0.6) is 5.75 Å². The molecule has 0 radical (unpaired) electrons. The van der Waals surface area contributed by atoms with Gasteiger partial charge in [0, 0.05) is 12.1 Å². The van der Waals surface area contributed by atoms with Crippen LogP contribution in [0.4, 0.5) is 0 Å². The van der Waals surface area contributed by atoms with Gasteiger partial charge in [0.2, 0.25) is 0 Å². The van der Waals surface area contributed by atoms with E-state index in [1.807, 2.05) is 37.3 Å². The first-order valence-corrected chi connectivity index (χ1v) is 8.69. The van der Waals surface area contributed by atoms with Crippen molar-refractivity contribution < 1.29 is 13.9 Å². The van der Waals surface area contributed by atoms with E-state index in [1.165, 1.54) is 12.1 Å². The molecule has 27 heavy (non-hydrogen) atoms. The highest BCUT2D eigenvalue weighted by Crippen LogP contribution is 2.27. The van der Waals surface area contributed by atoms with E-state index in [2.05, 4.69) is 4.98 Å². The normalized spacial score (nSPS) is 12.2. The van der Waals surface area contributed by atoms with Crippen LogP contribution in [-0.2, 0) is 4.79 Å². The van der Waals surface area contributed by atoms with Gasteiger partial charge in [-0.2, -0.15) is 0 Å². The fourth-order valence-corrected chi connectivity index (χ4v) is 2.97. The van der Waals surface area contributed by atoms with Crippen LogP contribution < -0.4 is 10.2 Å². The highest BCUT2D eigenvalue weighted by Gasteiger charge is 2.14. The molecule has 0 aromatic heterocycles. The van der Waals surface area contributed by atoms with Crippen LogP contribution in [0.15, 0.2) is 75.9 Å². The second kappa shape index (κ2) is 7.03. The van der Waals surface area contributed by atoms with E-state index in [0.29, 0.717) is 28.3 Å². The van der Waals surface area contributed by atoms with E-state index < -0.39 is 0 Å². The molecule has 0 bridgehead atoms. The molecule has 0 fully saturated rings. The minimum atomic E-state index is -0.318. The van der Waals surface area contributed by atoms with Crippen molar-refractivity contribution in [3.05, 3.63) is 82.5 Å². The Bertz CT molecular complexity index is 1130. The van der Waals surface area contributed by atoms with Gasteiger partial charge in [0.1, 0.15) is 17.0 Å². The lowest BCUT2D eigenvalue weighted by Gasteiger charge is -2.12. The Labute approximate surface area is 155 Å². The van der Waals surface area contributed by atoms with Crippen molar-refractivity contribution in [2.75, 3.05) is 0 Å². The predicted octanol–water partition coefficient (Wildman–Crippen LogP) is 4.39. The lowest BCUT2D eigenvalue weighted by molar-refractivity contribution is -0.134. The maximum Gasteiger partial charge on any atom is 0.311 e. The molecule has 0 spiro atoms. The Morgan fingerprint density at radius 3 is 2.70 bits per heavy atom. The van der Waals surface area contributed by atoms with Crippen molar-refractivity contribution >= 4 is 17.1 Å². The molecule has 4 rings (SSSR count). The third-order valence-corrected chi connectivity index (χ3v) is 4.40. The number of aromatic nitrogens is 1. The van der Waals surface area contributed by atoms with E-state index in [0.717, 1.165) is 5.56 Å². The van der Waals surface area contributed by atoms with Crippen molar-refractivity contribution in [1.29, 1.82) is 0 Å². The topological polar surface area (TPSA) is 69.4 Å². The summed E-state index contributed by atoms with van der Waals surface area (Å²) in [6.07, 6.45) is 0.273. The second-order valence-electron chi connectivity index (χ2n) is 6.46. The van der Waals surface area contributed by atoms with E-state index in [-0.39, 0.29) is 23.7 Å². The summed E-state index contributed by atoms with van der Waals surface area (Å²) in [5.74, 6) is 0.526. The van der Waals surface area contributed by atoms with Gasteiger partial charge >= 0.3 is 5.97 Å². The monoisotopic (exact) mass is 359 g/mol. The standard InChI is InChI=1S/C22H17NO4/c1-14(15-5-3-2-4-6-15)11-22(25)26-17-8-10-19-21(13-17)27-20-12-16(24)7-9-18(20)23-19/h2-10,12-14H,11H2,1H3/t14-/m0/s1. The highest BCUT2D eigenvalue weighted by atomic mass is 16.5. The van der Waals surface area contributed by atoms with E-state index in [9.17, 15) is 9.59 Å². The molecule has 0 unspecified atom stereocenters. The molecular weight excluding hydrogens is 342 g/mol. The first-order chi connectivity index (χ1) is 13.1. The van der Waals surface area contributed by atoms with Gasteiger partial charge in [0.25, 0.3) is 0 Å². The summed E-state index contributed by atoms with van der Waals surface area (Å²) in [6.45, 7) is 1.99. The third kappa shape index (κ3) is 3.72. The number of rotatable bonds is 4. The van der Waals surface area contributed by atoms with Crippen molar-refractivity contribution in [2.45, 2.75) is 19.3 Å². The molecule has 1 heterocycles. The molecule has 2 aromatic rings. The second-order valence-corrected chi connectivity index (χ2v) is 6.46. The molecule has 2 aliphatic rings. The lowest BCUT2D eigenvalue weighted by atomic mass is 9.98. The van der Waals surface area contributed by atoms with Gasteiger partial charge in [-0.3, -0.25) is 9.59 Å². The number of fused-ring (bicyclic) bond motifs is 2. The number of esters is 1. The predicted molar refractivity (Wildman–Crippen MR) is 102 cm³/mol. The van der Waals surface area contributed by atoms with Crippen molar-refractivity contribution in [2.24, 2.45) is 0 Å². The first kappa shape index (κ1) is 17.0. The Kier molecular flexibility index (Phi) is 4.42.